The number of hydrogen-bond donors (Lipinski definition) is 1. The molecule has 1 saturated carbocycles. The average molecular weight is 155 g/mol. The second-order valence-electron chi connectivity index (χ2n) is 3.77. The molecule has 1 atom stereocenters. The molecular formula is C9H17NO. The first-order valence-electron chi connectivity index (χ1n) is 4.76. The van der Waals surface area contributed by atoms with Crippen molar-refractivity contribution in [2.75, 3.05) is 19.8 Å². The van der Waals surface area contributed by atoms with Crippen LogP contribution in [0.2, 0.25) is 0 Å². The van der Waals surface area contributed by atoms with E-state index in [1.54, 1.807) is 0 Å². The van der Waals surface area contributed by atoms with Crippen molar-refractivity contribution in [2.24, 2.45) is 5.92 Å². The summed E-state index contributed by atoms with van der Waals surface area (Å²) >= 11 is 0. The third kappa shape index (κ3) is 2.46. The molecule has 11 heavy (non-hydrogen) atoms. The smallest absolute Gasteiger partial charge is 0.0619 e. The van der Waals surface area contributed by atoms with Gasteiger partial charge in [0.2, 0.25) is 0 Å². The van der Waals surface area contributed by atoms with Gasteiger partial charge in [-0.25, -0.2) is 0 Å². The van der Waals surface area contributed by atoms with Crippen LogP contribution in [0, 0.1) is 5.92 Å². The van der Waals surface area contributed by atoms with Gasteiger partial charge in [0, 0.05) is 12.6 Å². The van der Waals surface area contributed by atoms with Crippen molar-refractivity contribution in [3.05, 3.63) is 0 Å². The Balaban J connectivity index is 1.59. The standard InChI is InChI=1S/C9H17NO/c1-2-9(7-11-5-1)10-6-8-3-4-8/h8-10H,1-7H2. The van der Waals surface area contributed by atoms with E-state index in [1.165, 1.54) is 32.2 Å². The zero-order chi connectivity index (χ0) is 7.52. The van der Waals surface area contributed by atoms with Crippen molar-refractivity contribution < 1.29 is 4.74 Å². The third-order valence-corrected chi connectivity index (χ3v) is 2.55. The van der Waals surface area contributed by atoms with Gasteiger partial charge in [0.15, 0.2) is 0 Å². The molecule has 0 aromatic heterocycles. The van der Waals surface area contributed by atoms with Gasteiger partial charge in [-0.2, -0.15) is 0 Å². The van der Waals surface area contributed by atoms with Crippen LogP contribution in [0.1, 0.15) is 25.7 Å². The summed E-state index contributed by atoms with van der Waals surface area (Å²) in [5.41, 5.74) is 0. The van der Waals surface area contributed by atoms with E-state index in [2.05, 4.69) is 5.32 Å². The first kappa shape index (κ1) is 7.56. The molecule has 0 aromatic carbocycles. The van der Waals surface area contributed by atoms with Crippen LogP contribution in [0.25, 0.3) is 0 Å². The zero-order valence-corrected chi connectivity index (χ0v) is 7.01. The minimum Gasteiger partial charge on any atom is -0.380 e. The van der Waals surface area contributed by atoms with Gasteiger partial charge >= 0.3 is 0 Å². The first-order valence-corrected chi connectivity index (χ1v) is 4.76. The molecule has 1 saturated heterocycles. The summed E-state index contributed by atoms with van der Waals surface area (Å²) in [6.45, 7) is 3.14. The van der Waals surface area contributed by atoms with Crippen LogP contribution in [-0.2, 0) is 4.74 Å². The molecule has 0 radical (unpaired) electrons. The van der Waals surface area contributed by atoms with Crippen LogP contribution in [0.3, 0.4) is 0 Å². The predicted octanol–water partition coefficient (Wildman–Crippen LogP) is 1.16. The summed E-state index contributed by atoms with van der Waals surface area (Å²) in [6, 6.07) is 0.657. The minimum absolute atomic E-state index is 0.657. The Morgan fingerprint density at radius 2 is 2.18 bits per heavy atom. The fraction of sp³-hybridized carbons (Fsp3) is 1.00. The molecule has 2 fully saturated rings. The topological polar surface area (TPSA) is 21.3 Å². The molecule has 0 aromatic rings. The van der Waals surface area contributed by atoms with Crippen molar-refractivity contribution in [1.82, 2.24) is 5.32 Å². The molecule has 1 aliphatic carbocycles. The number of nitrogens with one attached hydrogen (secondary N) is 1. The highest BCUT2D eigenvalue weighted by molar-refractivity contribution is 4.78. The summed E-state index contributed by atoms with van der Waals surface area (Å²) < 4.78 is 5.37. The Kier molecular flexibility index (Phi) is 2.44. The molecule has 0 amide bonds. The normalized spacial score (nSPS) is 32.2. The van der Waals surface area contributed by atoms with Gasteiger partial charge in [0.25, 0.3) is 0 Å². The van der Waals surface area contributed by atoms with Crippen LogP contribution in [0.5, 0.6) is 0 Å². The van der Waals surface area contributed by atoms with Crippen molar-refractivity contribution in [3.8, 4) is 0 Å². The molecule has 2 nitrogen and oxygen atoms in total. The second kappa shape index (κ2) is 3.55. The van der Waals surface area contributed by atoms with Gasteiger partial charge in [-0.1, -0.05) is 0 Å². The van der Waals surface area contributed by atoms with Crippen LogP contribution in [-0.4, -0.2) is 25.8 Å². The molecule has 0 bridgehead atoms. The SMILES string of the molecule is C1COCC(NCC2CC2)C1. The van der Waals surface area contributed by atoms with E-state index in [-0.39, 0.29) is 0 Å². The number of ether oxygens (including phenoxy) is 1. The van der Waals surface area contributed by atoms with E-state index in [4.69, 9.17) is 4.74 Å². The monoisotopic (exact) mass is 155 g/mol. The molecule has 2 rings (SSSR count). The summed E-state index contributed by atoms with van der Waals surface area (Å²) in [7, 11) is 0. The molecule has 1 unspecified atom stereocenters. The highest BCUT2D eigenvalue weighted by Crippen LogP contribution is 2.27. The number of rotatable bonds is 3. The highest BCUT2D eigenvalue weighted by atomic mass is 16.5. The lowest BCUT2D eigenvalue weighted by Crippen LogP contribution is -2.37. The lowest BCUT2D eigenvalue weighted by Gasteiger charge is -2.23. The lowest BCUT2D eigenvalue weighted by molar-refractivity contribution is 0.0702. The summed E-state index contributed by atoms with van der Waals surface area (Å²) in [6.07, 6.45) is 5.44. The summed E-state index contributed by atoms with van der Waals surface area (Å²) in [5.74, 6) is 0.997. The molecule has 2 heteroatoms. The lowest BCUT2D eigenvalue weighted by atomic mass is 10.1. The largest absolute Gasteiger partial charge is 0.380 e. The maximum Gasteiger partial charge on any atom is 0.0619 e. The average Bonchev–Trinajstić information content (AvgIpc) is 2.86. The van der Waals surface area contributed by atoms with Gasteiger partial charge < -0.3 is 10.1 Å². The van der Waals surface area contributed by atoms with Gasteiger partial charge in [-0.3, -0.25) is 0 Å². The van der Waals surface area contributed by atoms with E-state index in [1.807, 2.05) is 0 Å². The van der Waals surface area contributed by atoms with Crippen molar-refractivity contribution in [1.29, 1.82) is 0 Å². The van der Waals surface area contributed by atoms with E-state index >= 15 is 0 Å². The second-order valence-corrected chi connectivity index (χ2v) is 3.77. The Bertz CT molecular complexity index is 117. The minimum atomic E-state index is 0.657. The molecular weight excluding hydrogens is 138 g/mol. The zero-order valence-electron chi connectivity index (χ0n) is 7.01. The van der Waals surface area contributed by atoms with Gasteiger partial charge in [-0.15, -0.1) is 0 Å². The van der Waals surface area contributed by atoms with E-state index in [9.17, 15) is 0 Å². The summed E-state index contributed by atoms with van der Waals surface area (Å²) in [5, 5.41) is 3.56. The third-order valence-electron chi connectivity index (χ3n) is 2.55. The van der Waals surface area contributed by atoms with E-state index in [0.717, 1.165) is 19.1 Å². The van der Waals surface area contributed by atoms with Crippen LogP contribution in [0.4, 0.5) is 0 Å². The first-order chi connectivity index (χ1) is 5.45. The maximum atomic E-state index is 5.37. The molecule has 1 aliphatic heterocycles. The van der Waals surface area contributed by atoms with Gasteiger partial charge in [0.05, 0.1) is 6.61 Å². The van der Waals surface area contributed by atoms with E-state index < -0.39 is 0 Å². The Morgan fingerprint density at radius 3 is 2.82 bits per heavy atom. The van der Waals surface area contributed by atoms with Crippen LogP contribution >= 0.6 is 0 Å². The highest BCUT2D eigenvalue weighted by Gasteiger charge is 2.22. The quantitative estimate of drug-likeness (QED) is 0.660. The summed E-state index contributed by atoms with van der Waals surface area (Å²) in [4.78, 5) is 0. The van der Waals surface area contributed by atoms with Crippen LogP contribution in [0.15, 0.2) is 0 Å². The molecule has 64 valence electrons. The molecule has 0 spiro atoms. The maximum absolute atomic E-state index is 5.37. The van der Waals surface area contributed by atoms with Gasteiger partial charge in [-0.05, 0) is 38.1 Å². The van der Waals surface area contributed by atoms with Crippen molar-refractivity contribution in [3.63, 3.8) is 0 Å². The number of hydrogen-bond acceptors (Lipinski definition) is 2. The van der Waals surface area contributed by atoms with E-state index in [0.29, 0.717) is 6.04 Å². The Morgan fingerprint density at radius 1 is 1.27 bits per heavy atom. The molecule has 2 aliphatic rings. The molecule has 1 heterocycles. The van der Waals surface area contributed by atoms with Crippen molar-refractivity contribution in [2.45, 2.75) is 31.7 Å². The molecule has 1 N–H and O–H groups in total. The fourth-order valence-corrected chi connectivity index (χ4v) is 1.56. The Labute approximate surface area is 68.3 Å². The Hall–Kier alpha value is -0.0800. The fourth-order valence-electron chi connectivity index (χ4n) is 1.56. The van der Waals surface area contributed by atoms with Gasteiger partial charge in [0.1, 0.15) is 0 Å². The predicted molar refractivity (Wildman–Crippen MR) is 44.6 cm³/mol. The van der Waals surface area contributed by atoms with Crippen molar-refractivity contribution >= 4 is 0 Å². The van der Waals surface area contributed by atoms with Crippen LogP contribution < -0.4 is 5.32 Å².